The monoisotopic (exact) mass is 135 g/mol. The maximum atomic E-state index is 9.55. The standard InChI is InChI=1S/C3H5NO3S/c1-2-3-7-4-8(5)6/h2H,1,3H2. The summed E-state index contributed by atoms with van der Waals surface area (Å²) in [7, 11) is -2.46. The van der Waals surface area contributed by atoms with Crippen molar-refractivity contribution in [2.24, 2.45) is 4.53 Å². The van der Waals surface area contributed by atoms with Crippen LogP contribution < -0.4 is 0 Å². The molecule has 0 saturated heterocycles. The topological polar surface area (TPSA) is 55.7 Å². The van der Waals surface area contributed by atoms with E-state index in [1.54, 1.807) is 0 Å². The summed E-state index contributed by atoms with van der Waals surface area (Å²) in [5.74, 6) is 0. The molecule has 0 aromatic carbocycles. The molecule has 0 aliphatic carbocycles. The smallest absolute Gasteiger partial charge is 0.234 e. The van der Waals surface area contributed by atoms with Crippen molar-refractivity contribution in [2.45, 2.75) is 0 Å². The molecule has 0 N–H and O–H groups in total. The second-order valence-electron chi connectivity index (χ2n) is 0.876. The van der Waals surface area contributed by atoms with Crippen LogP contribution in [0.1, 0.15) is 0 Å². The zero-order chi connectivity index (χ0) is 6.41. The van der Waals surface area contributed by atoms with Crippen molar-refractivity contribution in [3.05, 3.63) is 12.7 Å². The van der Waals surface area contributed by atoms with E-state index in [0.717, 1.165) is 0 Å². The molecule has 0 unspecified atom stereocenters. The van der Waals surface area contributed by atoms with E-state index in [9.17, 15) is 8.42 Å². The van der Waals surface area contributed by atoms with E-state index in [4.69, 9.17) is 0 Å². The molecule has 0 spiro atoms. The molecule has 46 valence electrons. The molecule has 0 heterocycles. The minimum absolute atomic E-state index is 0.119. The Labute approximate surface area is 48.4 Å². The Balaban J connectivity index is 3.46. The first-order valence-electron chi connectivity index (χ1n) is 1.80. The molecule has 0 amide bonds. The number of nitrogens with zero attached hydrogens (tertiary/aromatic N) is 1. The van der Waals surface area contributed by atoms with Gasteiger partial charge in [0.2, 0.25) is 0 Å². The van der Waals surface area contributed by atoms with Gasteiger partial charge in [0.1, 0.15) is 0 Å². The fraction of sp³-hybridized carbons (Fsp3) is 0.333. The normalized spacial score (nSPS) is 8.00. The van der Waals surface area contributed by atoms with Crippen LogP contribution in [0.2, 0.25) is 0 Å². The van der Waals surface area contributed by atoms with Crippen molar-refractivity contribution in [3.8, 4) is 0 Å². The van der Waals surface area contributed by atoms with Crippen LogP contribution in [0.25, 0.3) is 0 Å². The molecule has 0 bridgehead atoms. The molecule has 8 heavy (non-hydrogen) atoms. The maximum absolute atomic E-state index is 9.55. The van der Waals surface area contributed by atoms with Gasteiger partial charge in [0.05, 0.1) is 6.61 Å². The van der Waals surface area contributed by atoms with E-state index in [-0.39, 0.29) is 6.61 Å². The highest BCUT2D eigenvalue weighted by Crippen LogP contribution is 1.72. The minimum Gasteiger partial charge on any atom is -0.234 e. The summed E-state index contributed by atoms with van der Waals surface area (Å²) in [5.41, 5.74) is 0. The molecule has 0 saturated carbocycles. The second-order valence-corrected chi connectivity index (χ2v) is 1.46. The van der Waals surface area contributed by atoms with Gasteiger partial charge in [-0.25, -0.2) is 4.84 Å². The van der Waals surface area contributed by atoms with Gasteiger partial charge in [-0.3, -0.25) is 0 Å². The highest BCUT2D eigenvalue weighted by atomic mass is 32.2. The van der Waals surface area contributed by atoms with Crippen molar-refractivity contribution in [1.29, 1.82) is 0 Å². The fourth-order valence-electron chi connectivity index (χ4n) is 0.126. The largest absolute Gasteiger partial charge is 0.338 e. The molecule has 0 aromatic heterocycles. The third-order valence-electron chi connectivity index (χ3n) is 0.306. The summed E-state index contributed by atoms with van der Waals surface area (Å²) in [4.78, 5) is 4.14. The number of hydrogen-bond donors (Lipinski definition) is 0. The van der Waals surface area contributed by atoms with Crippen LogP contribution in [0, 0.1) is 0 Å². The molecule has 0 fully saturated rings. The van der Waals surface area contributed by atoms with Gasteiger partial charge in [-0.2, -0.15) is 8.42 Å². The SMILES string of the molecule is C=CCON=S(=O)=O. The van der Waals surface area contributed by atoms with Crippen LogP contribution in [0.15, 0.2) is 17.2 Å². The molecular weight excluding hydrogens is 130 g/mol. The Morgan fingerprint density at radius 3 is 2.75 bits per heavy atom. The van der Waals surface area contributed by atoms with Gasteiger partial charge in [-0.1, -0.05) is 6.08 Å². The summed E-state index contributed by atoms with van der Waals surface area (Å²) in [6.45, 7) is 3.39. The molecule has 0 rings (SSSR count). The van der Waals surface area contributed by atoms with Crippen LogP contribution in [-0.4, -0.2) is 15.0 Å². The molecule has 0 radical (unpaired) electrons. The van der Waals surface area contributed by atoms with Crippen molar-refractivity contribution in [3.63, 3.8) is 0 Å². The first-order chi connectivity index (χ1) is 3.77. The van der Waals surface area contributed by atoms with Crippen LogP contribution in [-0.2, 0) is 15.3 Å². The average molecular weight is 135 g/mol. The van der Waals surface area contributed by atoms with Crippen molar-refractivity contribution in [1.82, 2.24) is 0 Å². The third kappa shape index (κ3) is 5.32. The van der Waals surface area contributed by atoms with Crippen molar-refractivity contribution < 1.29 is 13.3 Å². The minimum atomic E-state index is -2.46. The summed E-state index contributed by atoms with van der Waals surface area (Å²) < 4.78 is 21.8. The number of hydrogen-bond acceptors (Lipinski definition) is 4. The molecule has 0 atom stereocenters. The zero-order valence-corrected chi connectivity index (χ0v) is 4.89. The van der Waals surface area contributed by atoms with Gasteiger partial charge in [0.15, 0.2) is 0 Å². The lowest BCUT2D eigenvalue weighted by molar-refractivity contribution is 0.180. The second kappa shape index (κ2) is 4.48. The molecule has 0 aliphatic rings. The molecule has 5 heteroatoms. The molecule has 0 aliphatic heterocycles. The Kier molecular flexibility index (Phi) is 4.10. The van der Waals surface area contributed by atoms with Crippen LogP contribution in [0.4, 0.5) is 0 Å². The van der Waals surface area contributed by atoms with Crippen molar-refractivity contribution >= 4 is 10.5 Å². The van der Waals surface area contributed by atoms with E-state index in [1.165, 1.54) is 6.08 Å². The molecule has 0 aromatic rings. The Bertz CT molecular complexity index is 173. The lowest BCUT2D eigenvalue weighted by Gasteiger charge is -1.78. The predicted molar refractivity (Wildman–Crippen MR) is 27.5 cm³/mol. The lowest BCUT2D eigenvalue weighted by atomic mass is 10.7. The Morgan fingerprint density at radius 1 is 1.75 bits per heavy atom. The van der Waals surface area contributed by atoms with Crippen LogP contribution in [0.3, 0.4) is 0 Å². The van der Waals surface area contributed by atoms with Gasteiger partial charge >= 0.3 is 10.5 Å². The average Bonchev–Trinajstić information content (AvgIpc) is 1.66. The summed E-state index contributed by atoms with van der Waals surface area (Å²) in [6.07, 6.45) is 1.40. The fourth-order valence-corrected chi connectivity index (χ4v) is 0.273. The van der Waals surface area contributed by atoms with Gasteiger partial charge in [-0.15, -0.1) is 6.58 Å². The maximum Gasteiger partial charge on any atom is 0.338 e. The van der Waals surface area contributed by atoms with Crippen LogP contribution in [0.5, 0.6) is 0 Å². The lowest BCUT2D eigenvalue weighted by Crippen LogP contribution is -1.77. The van der Waals surface area contributed by atoms with Gasteiger partial charge in [0, 0.05) is 0 Å². The summed E-state index contributed by atoms with van der Waals surface area (Å²) in [6, 6.07) is 0. The number of rotatable bonds is 3. The zero-order valence-electron chi connectivity index (χ0n) is 4.07. The van der Waals surface area contributed by atoms with E-state index >= 15 is 0 Å². The van der Waals surface area contributed by atoms with Gasteiger partial charge in [0.25, 0.3) is 0 Å². The van der Waals surface area contributed by atoms with E-state index in [2.05, 4.69) is 15.9 Å². The summed E-state index contributed by atoms with van der Waals surface area (Å²) in [5, 5.41) is 0. The summed E-state index contributed by atoms with van der Waals surface area (Å²) >= 11 is 0. The van der Waals surface area contributed by atoms with Gasteiger partial charge in [-0.05, 0) is 4.53 Å². The highest BCUT2D eigenvalue weighted by Gasteiger charge is 1.71. The van der Waals surface area contributed by atoms with Crippen molar-refractivity contribution in [2.75, 3.05) is 6.61 Å². The highest BCUT2D eigenvalue weighted by molar-refractivity contribution is 7.61. The Hall–Kier alpha value is -0.680. The van der Waals surface area contributed by atoms with E-state index in [1.807, 2.05) is 0 Å². The van der Waals surface area contributed by atoms with Crippen LogP contribution >= 0.6 is 0 Å². The predicted octanol–water partition coefficient (Wildman–Crippen LogP) is 0.167. The molecule has 4 nitrogen and oxygen atoms in total. The Morgan fingerprint density at radius 2 is 2.38 bits per heavy atom. The molecular formula is C3H5NO3S. The van der Waals surface area contributed by atoms with E-state index in [0.29, 0.717) is 0 Å². The van der Waals surface area contributed by atoms with E-state index < -0.39 is 10.5 Å². The van der Waals surface area contributed by atoms with Gasteiger partial charge < -0.3 is 0 Å². The first kappa shape index (κ1) is 7.32. The quantitative estimate of drug-likeness (QED) is 0.315. The third-order valence-corrected chi connectivity index (χ3v) is 0.533. The first-order valence-corrected chi connectivity index (χ1v) is 2.84.